The number of furan rings is 1. The van der Waals surface area contributed by atoms with Crippen molar-refractivity contribution < 1.29 is 46.7 Å². The number of rotatable bonds is 20. The van der Waals surface area contributed by atoms with Crippen LogP contribution >= 0.6 is 300 Å². The van der Waals surface area contributed by atoms with Crippen LogP contribution in [-0.2, 0) is 37.6 Å². The van der Waals surface area contributed by atoms with Gasteiger partial charge in [-0.1, -0.05) is 73.8 Å². The van der Waals surface area contributed by atoms with E-state index in [-0.39, 0.29) is 116 Å². The number of nitrogens with zero attached hydrogens (tertiary/aromatic N) is 2. The van der Waals surface area contributed by atoms with Crippen molar-refractivity contribution in [3.63, 3.8) is 0 Å². The van der Waals surface area contributed by atoms with Crippen molar-refractivity contribution in [1.82, 2.24) is 9.97 Å². The van der Waals surface area contributed by atoms with Crippen molar-refractivity contribution in [3.05, 3.63) is 122 Å². The van der Waals surface area contributed by atoms with Gasteiger partial charge < -0.3 is 29.7 Å². The number of carboxylic acid groups (broad SMARTS) is 2. The number of hydrogen-bond acceptors (Lipinski definition) is 8. The van der Waals surface area contributed by atoms with Gasteiger partial charge in [-0.15, -0.1) is 152 Å². The molecule has 4 N–H and O–H groups in total. The van der Waals surface area contributed by atoms with Crippen LogP contribution < -0.4 is 11.2 Å². The molecule has 2 aromatic carbocycles. The molecule has 1 aliphatic heterocycles. The van der Waals surface area contributed by atoms with E-state index in [0.29, 0.717) is 28.5 Å². The first-order valence-corrected chi connectivity index (χ1v) is 83.9. The zero-order chi connectivity index (χ0) is 67.9. The third-order valence-corrected chi connectivity index (χ3v) is 226. The first-order valence-electron chi connectivity index (χ1n) is 24.1. The van der Waals surface area contributed by atoms with Gasteiger partial charge >= 0.3 is 25.2 Å². The standard InChI is InChI=1S/C16H23BO4.C10H8N2O2.C7H7BrClN.C6H4BrF3O.H34P32/c1-14(2,13(18)19)11-8-7-9-12(10-11)17-20-15(3,4)16(5,6)21-17;1-6-5-12-7-3-2-4-11-9(7)8(6)10(13)14;8-6-2-1-5(4-10)7(9)3-6;7-3-4-1-2-5(11-4)6(8,9)10;1-18(2)26(17)30(25(15)16)32(29(23(11)12)24(13)14)31(27(19(3)4)20(5)6)28(21(7)8)22(9)10/h7-10H,1-6H3,(H,18,19);2-5H,1H3,(H,13,14);1-3H,4,10H2;1-2H,3H2;1-17H2. The number of halogens is 6. The Hall–Kier alpha value is 9.96. The summed E-state index contributed by atoms with van der Waals surface area (Å²) in [6, 6.07) is 18.8. The van der Waals surface area contributed by atoms with Gasteiger partial charge in [-0.2, -0.15) is 13.2 Å². The number of alkyl halides is 4. The maximum absolute atomic E-state index is 11.8. The van der Waals surface area contributed by atoms with Crippen LogP contribution in [0.5, 0.6) is 0 Å². The first-order chi connectivity index (χ1) is 40.4. The maximum atomic E-state index is 11.8. The van der Waals surface area contributed by atoms with Crippen molar-refractivity contribution >= 4 is 336 Å². The number of benzene rings is 2. The van der Waals surface area contributed by atoms with E-state index >= 15 is 0 Å². The molecule has 0 aliphatic carbocycles. The quantitative estimate of drug-likeness (QED) is 0.0389. The number of aryl methyl sites for hydroxylation is 1. The molecular formula is C39H76BBr2ClF3N3O7P32. The van der Waals surface area contributed by atoms with Crippen LogP contribution in [0.15, 0.2) is 88.0 Å². The molecule has 49 heteroatoms. The van der Waals surface area contributed by atoms with Crippen molar-refractivity contribution in [2.45, 2.75) is 83.1 Å². The summed E-state index contributed by atoms with van der Waals surface area (Å²) < 4.78 is 52.9. The minimum Gasteiger partial charge on any atom is -0.481 e. The van der Waals surface area contributed by atoms with E-state index in [1.165, 1.54) is 6.07 Å². The summed E-state index contributed by atoms with van der Waals surface area (Å²) >= 11 is 12.1. The van der Waals surface area contributed by atoms with Gasteiger partial charge in [-0.3, -0.25) is 14.8 Å². The highest BCUT2D eigenvalue weighted by atomic mass is 79.9. The molecular weight excluding hydrogens is 1880 g/mol. The second-order valence-corrected chi connectivity index (χ2v) is 150. The second-order valence-electron chi connectivity index (χ2n) is 18.9. The largest absolute Gasteiger partial charge is 0.494 e. The normalized spacial score (nSPS) is 15.3. The lowest BCUT2D eigenvalue weighted by molar-refractivity contribution is -0.153. The number of aromatic carboxylic acids is 1. The molecule has 20 unspecified atom stereocenters. The van der Waals surface area contributed by atoms with Gasteiger partial charge in [0, 0.05) is 28.4 Å². The Bertz CT molecular complexity index is 2950. The van der Waals surface area contributed by atoms with Crippen LogP contribution in [-0.4, -0.2) is 50.4 Å². The molecule has 6 rings (SSSR count). The fourth-order valence-corrected chi connectivity index (χ4v) is 422. The van der Waals surface area contributed by atoms with Gasteiger partial charge in [0.25, 0.3) is 0 Å². The number of carboxylic acids is 2. The number of pyridine rings is 2. The van der Waals surface area contributed by atoms with Crippen LogP contribution in [0.4, 0.5) is 13.2 Å². The lowest BCUT2D eigenvalue weighted by Gasteiger charge is -2.53. The van der Waals surface area contributed by atoms with E-state index in [2.05, 4.69) is 198 Å². The maximum Gasteiger partial charge on any atom is 0.494 e. The van der Waals surface area contributed by atoms with Crippen molar-refractivity contribution in [1.29, 1.82) is 0 Å². The van der Waals surface area contributed by atoms with Crippen molar-refractivity contribution in [3.8, 4) is 0 Å². The third-order valence-electron chi connectivity index (χ3n) is 11.7. The number of carbonyl (C=O) groups is 2. The Balaban J connectivity index is 0.000000402. The summed E-state index contributed by atoms with van der Waals surface area (Å²) in [5.74, 6) is -2.49. The third kappa shape index (κ3) is 29.6. The number of hydrogen-bond donors (Lipinski definition) is 3. The van der Waals surface area contributed by atoms with E-state index in [1.807, 2.05) is 70.2 Å². The molecule has 4 heterocycles. The molecule has 0 amide bonds. The number of fused-ring (bicyclic) bond motifs is 1. The molecule has 0 saturated carbocycles. The minimum atomic E-state index is -4.37. The van der Waals surface area contributed by atoms with E-state index in [0.717, 1.165) is 32.2 Å². The summed E-state index contributed by atoms with van der Waals surface area (Å²) in [5, 5.41) is 19.4. The molecule has 5 aromatic rings. The summed E-state index contributed by atoms with van der Waals surface area (Å²) in [6.45, 7) is 13.1. The van der Waals surface area contributed by atoms with Crippen LogP contribution in [0, 0.1) is 6.92 Å². The SMILES string of the molecule is CC(C)(C(=O)O)c1cccc(B2OC(C)(C)C(C)(C)O2)c1.Cc1cnc2cccnc2c1C(=O)O.FC(F)(F)c1ccc(CBr)o1.NCc1ccc(Br)cc1Cl.PP(P)P(P)P(P(P)P)P(P(P(P)P)P(P)P)P(P(P(P)P)P(P)P)P(P(P)P)P(P)P. The van der Waals surface area contributed by atoms with E-state index in [4.69, 9.17) is 31.7 Å². The molecule has 88 heavy (non-hydrogen) atoms. The Kier molecular flexibility index (Phi) is 48.0. The fraction of sp³-hybridized carbons (Fsp3) is 0.333. The van der Waals surface area contributed by atoms with Crippen LogP contribution in [0.2, 0.25) is 5.02 Å². The average molecular weight is 1950 g/mol. The Morgan fingerprint density at radius 3 is 1.52 bits per heavy atom. The first kappa shape index (κ1) is 94.0. The molecule has 0 spiro atoms. The van der Waals surface area contributed by atoms with E-state index in [1.54, 1.807) is 45.3 Å². The molecule has 10 nitrogen and oxygen atoms in total. The van der Waals surface area contributed by atoms with Crippen molar-refractivity contribution in [2.75, 3.05) is 0 Å². The highest BCUT2D eigenvalue weighted by molar-refractivity contribution is 9.45. The van der Waals surface area contributed by atoms with Crippen molar-refractivity contribution in [2.24, 2.45) is 5.73 Å². The van der Waals surface area contributed by atoms with E-state index in [9.17, 15) is 27.9 Å². The average Bonchev–Trinajstić information content (AvgIpc) is 4.26. The molecule has 1 saturated heterocycles. The van der Waals surface area contributed by atoms with Crippen LogP contribution in [0.3, 0.4) is 0 Å². The second kappa shape index (κ2) is 44.9. The van der Waals surface area contributed by atoms with Crippen LogP contribution in [0.1, 0.15) is 80.1 Å². The molecule has 20 atom stereocenters. The molecule has 1 aliphatic rings. The Morgan fingerprint density at radius 2 is 1.15 bits per heavy atom. The lowest BCUT2D eigenvalue weighted by atomic mass is 9.75. The topological polar surface area (TPSA) is 158 Å². The summed E-state index contributed by atoms with van der Waals surface area (Å²) in [7, 11) is 55.8. The predicted molar refractivity (Wildman–Crippen MR) is 486 cm³/mol. The summed E-state index contributed by atoms with van der Waals surface area (Å²) in [5.41, 5.74) is 8.12. The molecule has 0 radical (unpaired) electrons. The Labute approximate surface area is 597 Å². The highest BCUT2D eigenvalue weighted by Crippen LogP contribution is 3.39. The smallest absolute Gasteiger partial charge is 0.481 e. The van der Waals surface area contributed by atoms with Crippen LogP contribution in [0.25, 0.3) is 11.0 Å². The number of aliphatic carboxylic acids is 1. The lowest BCUT2D eigenvalue weighted by Crippen LogP contribution is -2.41. The van der Waals surface area contributed by atoms with Gasteiger partial charge in [-0.25, -0.2) is 4.79 Å². The summed E-state index contributed by atoms with van der Waals surface area (Å²) in [4.78, 5) is 30.5. The van der Waals surface area contributed by atoms with E-state index < -0.39 is 47.6 Å². The zero-order valence-electron chi connectivity index (χ0n) is 48.2. The molecule has 494 valence electrons. The zero-order valence-corrected chi connectivity index (χ0v) is 85.2. The summed E-state index contributed by atoms with van der Waals surface area (Å²) in [6.07, 6.45) is -1.26. The van der Waals surface area contributed by atoms with Gasteiger partial charge in [0.1, 0.15) is 11.3 Å². The molecule has 0 bridgehead atoms. The van der Waals surface area contributed by atoms with Gasteiger partial charge in [-0.05, 0) is 212 Å². The Morgan fingerprint density at radius 1 is 0.670 bits per heavy atom. The van der Waals surface area contributed by atoms with Gasteiger partial charge in [0.05, 0.1) is 33.0 Å². The molecule has 1 fully saturated rings. The highest BCUT2D eigenvalue weighted by Gasteiger charge is 2.53. The monoisotopic (exact) mass is 1950 g/mol. The minimum absolute atomic E-state index is 0.0135. The molecule has 3 aromatic heterocycles. The predicted octanol–water partition coefficient (Wildman–Crippen LogP) is 28.2. The number of nitrogens with two attached hydrogens (primary N) is 1. The number of aromatic nitrogens is 2. The van der Waals surface area contributed by atoms with Gasteiger partial charge in [0.2, 0.25) is 5.76 Å². The fourth-order valence-electron chi connectivity index (χ4n) is 6.56. The van der Waals surface area contributed by atoms with Gasteiger partial charge in [0.15, 0.2) is 0 Å².